The van der Waals surface area contributed by atoms with Crippen LogP contribution in [0.1, 0.15) is 30.9 Å². The molecule has 1 aliphatic rings. The third kappa shape index (κ3) is 2.72. The second-order valence-electron chi connectivity index (χ2n) is 5.04. The molecule has 100 valence electrons. The highest BCUT2D eigenvalue weighted by molar-refractivity contribution is 5.79. The van der Waals surface area contributed by atoms with Crippen molar-refractivity contribution >= 4 is 5.91 Å². The Bertz CT molecular complexity index is 412. The quantitative estimate of drug-likeness (QED) is 0.799. The second kappa shape index (κ2) is 5.10. The summed E-state index contributed by atoms with van der Waals surface area (Å²) in [7, 11) is 0. The van der Waals surface area contributed by atoms with Crippen LogP contribution in [0.5, 0.6) is 0 Å². The predicted octanol–water partition coefficient (Wildman–Crippen LogP) is 1.47. The van der Waals surface area contributed by atoms with E-state index in [1.165, 1.54) is 0 Å². The summed E-state index contributed by atoms with van der Waals surface area (Å²) in [6.45, 7) is 9.01. The zero-order chi connectivity index (χ0) is 13.3. The summed E-state index contributed by atoms with van der Waals surface area (Å²) < 4.78 is 10.7. The van der Waals surface area contributed by atoms with E-state index in [1.54, 1.807) is 0 Å². The molecule has 0 spiro atoms. The first kappa shape index (κ1) is 13.1. The van der Waals surface area contributed by atoms with Gasteiger partial charge in [0.15, 0.2) is 0 Å². The molecule has 2 atom stereocenters. The molecule has 1 amide bonds. The maximum atomic E-state index is 12.3. The number of aromatic nitrogens is 1. The van der Waals surface area contributed by atoms with Gasteiger partial charge in [-0.1, -0.05) is 5.16 Å². The van der Waals surface area contributed by atoms with Crippen LogP contribution in [0.2, 0.25) is 0 Å². The van der Waals surface area contributed by atoms with Gasteiger partial charge in [0, 0.05) is 18.7 Å². The number of hydrogen-bond donors (Lipinski definition) is 0. The first-order chi connectivity index (χ1) is 8.47. The average molecular weight is 252 g/mol. The topological polar surface area (TPSA) is 55.6 Å². The third-order valence-electron chi connectivity index (χ3n) is 3.28. The van der Waals surface area contributed by atoms with Crippen molar-refractivity contribution in [2.75, 3.05) is 13.1 Å². The summed E-state index contributed by atoms with van der Waals surface area (Å²) in [4.78, 5) is 14.1. The van der Waals surface area contributed by atoms with E-state index in [0.29, 0.717) is 19.5 Å². The van der Waals surface area contributed by atoms with Crippen LogP contribution in [0.4, 0.5) is 0 Å². The highest BCUT2D eigenvalue weighted by Crippen LogP contribution is 2.16. The molecule has 2 heterocycles. The van der Waals surface area contributed by atoms with E-state index >= 15 is 0 Å². The first-order valence-corrected chi connectivity index (χ1v) is 6.32. The number of carbonyl (C=O) groups is 1. The minimum Gasteiger partial charge on any atom is -0.372 e. The van der Waals surface area contributed by atoms with Gasteiger partial charge in [-0.2, -0.15) is 0 Å². The van der Waals surface area contributed by atoms with E-state index in [-0.39, 0.29) is 18.1 Å². The van der Waals surface area contributed by atoms with Gasteiger partial charge in [-0.3, -0.25) is 4.79 Å². The molecule has 5 heteroatoms. The van der Waals surface area contributed by atoms with Crippen LogP contribution in [0.25, 0.3) is 0 Å². The number of aryl methyl sites for hydroxylation is 2. The SMILES string of the molecule is Cc1noc(C)c1CC(=O)N1C[C@H](C)O[C@@H](C)C1. The molecule has 0 unspecified atom stereocenters. The molecular formula is C13H20N2O3. The molecule has 2 rings (SSSR count). The zero-order valence-electron chi connectivity index (χ0n) is 11.4. The van der Waals surface area contributed by atoms with Crippen LogP contribution in [0, 0.1) is 13.8 Å². The highest BCUT2D eigenvalue weighted by atomic mass is 16.5. The molecule has 0 aliphatic carbocycles. The van der Waals surface area contributed by atoms with E-state index in [0.717, 1.165) is 17.0 Å². The highest BCUT2D eigenvalue weighted by Gasteiger charge is 2.26. The molecular weight excluding hydrogens is 232 g/mol. The molecule has 0 radical (unpaired) electrons. The maximum Gasteiger partial charge on any atom is 0.227 e. The summed E-state index contributed by atoms with van der Waals surface area (Å²) >= 11 is 0. The number of amides is 1. The van der Waals surface area contributed by atoms with Gasteiger partial charge < -0.3 is 14.2 Å². The normalized spacial score (nSPS) is 24.3. The van der Waals surface area contributed by atoms with Gasteiger partial charge in [0.1, 0.15) is 5.76 Å². The Morgan fingerprint density at radius 1 is 1.33 bits per heavy atom. The van der Waals surface area contributed by atoms with Crippen molar-refractivity contribution in [3.8, 4) is 0 Å². The van der Waals surface area contributed by atoms with Crippen molar-refractivity contribution in [1.82, 2.24) is 10.1 Å². The van der Waals surface area contributed by atoms with Crippen molar-refractivity contribution in [2.24, 2.45) is 0 Å². The third-order valence-corrected chi connectivity index (χ3v) is 3.28. The fourth-order valence-corrected chi connectivity index (χ4v) is 2.40. The molecule has 0 saturated carbocycles. The summed E-state index contributed by atoms with van der Waals surface area (Å²) in [6, 6.07) is 0. The molecule has 1 aliphatic heterocycles. The molecule has 1 saturated heterocycles. The molecule has 1 aromatic rings. The summed E-state index contributed by atoms with van der Waals surface area (Å²) in [5.74, 6) is 0.849. The molecule has 0 N–H and O–H groups in total. The fraction of sp³-hybridized carbons (Fsp3) is 0.692. The predicted molar refractivity (Wildman–Crippen MR) is 66.3 cm³/mol. The standard InChI is InChI=1S/C13H20N2O3/c1-8-6-15(7-9(2)17-8)13(16)5-12-10(3)14-18-11(12)4/h8-9H,5-7H2,1-4H3/t8-,9-/m0/s1. The summed E-state index contributed by atoms with van der Waals surface area (Å²) in [6.07, 6.45) is 0.561. The number of rotatable bonds is 2. The van der Waals surface area contributed by atoms with Crippen molar-refractivity contribution in [3.05, 3.63) is 17.0 Å². The largest absolute Gasteiger partial charge is 0.372 e. The van der Waals surface area contributed by atoms with E-state index in [1.807, 2.05) is 32.6 Å². The van der Waals surface area contributed by atoms with Gasteiger partial charge >= 0.3 is 0 Å². The Morgan fingerprint density at radius 3 is 2.44 bits per heavy atom. The Kier molecular flexibility index (Phi) is 3.71. The Balaban J connectivity index is 2.04. The monoisotopic (exact) mass is 252 g/mol. The molecule has 5 nitrogen and oxygen atoms in total. The minimum absolute atomic E-state index is 0.0994. The van der Waals surface area contributed by atoms with Crippen LogP contribution >= 0.6 is 0 Å². The number of carbonyl (C=O) groups excluding carboxylic acids is 1. The zero-order valence-corrected chi connectivity index (χ0v) is 11.4. The average Bonchev–Trinajstić information content (AvgIpc) is 2.59. The smallest absolute Gasteiger partial charge is 0.227 e. The lowest BCUT2D eigenvalue weighted by molar-refractivity contribution is -0.142. The maximum absolute atomic E-state index is 12.3. The van der Waals surface area contributed by atoms with Crippen molar-refractivity contribution < 1.29 is 14.1 Å². The van der Waals surface area contributed by atoms with Crippen LogP contribution < -0.4 is 0 Å². The second-order valence-corrected chi connectivity index (χ2v) is 5.04. The fourth-order valence-electron chi connectivity index (χ4n) is 2.40. The number of morpholine rings is 1. The number of nitrogens with zero attached hydrogens (tertiary/aromatic N) is 2. The van der Waals surface area contributed by atoms with E-state index in [9.17, 15) is 4.79 Å². The lowest BCUT2D eigenvalue weighted by Gasteiger charge is -2.35. The van der Waals surface area contributed by atoms with Crippen LogP contribution in [-0.2, 0) is 16.0 Å². The number of ether oxygens (including phenoxy) is 1. The van der Waals surface area contributed by atoms with Crippen molar-refractivity contribution in [3.63, 3.8) is 0 Å². The van der Waals surface area contributed by atoms with Crippen LogP contribution in [0.15, 0.2) is 4.52 Å². The van der Waals surface area contributed by atoms with Crippen LogP contribution in [0.3, 0.4) is 0 Å². The molecule has 1 fully saturated rings. The molecule has 0 bridgehead atoms. The summed E-state index contributed by atoms with van der Waals surface area (Å²) in [5, 5.41) is 3.87. The first-order valence-electron chi connectivity index (χ1n) is 6.32. The molecule has 0 aromatic carbocycles. The Labute approximate surface area is 107 Å². The van der Waals surface area contributed by atoms with Crippen LogP contribution in [-0.4, -0.2) is 41.3 Å². The van der Waals surface area contributed by atoms with E-state index in [4.69, 9.17) is 9.26 Å². The van der Waals surface area contributed by atoms with E-state index < -0.39 is 0 Å². The van der Waals surface area contributed by atoms with Gasteiger partial charge in [-0.15, -0.1) is 0 Å². The van der Waals surface area contributed by atoms with Gasteiger partial charge in [-0.25, -0.2) is 0 Å². The summed E-state index contributed by atoms with van der Waals surface area (Å²) in [5.41, 5.74) is 1.71. The van der Waals surface area contributed by atoms with Gasteiger partial charge in [-0.05, 0) is 27.7 Å². The van der Waals surface area contributed by atoms with Crippen molar-refractivity contribution in [2.45, 2.75) is 46.3 Å². The Morgan fingerprint density at radius 2 is 1.94 bits per heavy atom. The molecule has 18 heavy (non-hydrogen) atoms. The van der Waals surface area contributed by atoms with Gasteiger partial charge in [0.25, 0.3) is 0 Å². The van der Waals surface area contributed by atoms with Gasteiger partial charge in [0.2, 0.25) is 5.91 Å². The lowest BCUT2D eigenvalue weighted by atomic mass is 10.1. The molecule has 1 aromatic heterocycles. The van der Waals surface area contributed by atoms with Gasteiger partial charge in [0.05, 0.1) is 24.3 Å². The lowest BCUT2D eigenvalue weighted by Crippen LogP contribution is -2.48. The van der Waals surface area contributed by atoms with Crippen molar-refractivity contribution in [1.29, 1.82) is 0 Å². The Hall–Kier alpha value is -1.36. The van der Waals surface area contributed by atoms with E-state index in [2.05, 4.69) is 5.16 Å². The number of hydrogen-bond acceptors (Lipinski definition) is 4. The minimum atomic E-state index is 0.0994.